The number of nitrogens with zero attached hydrogens (tertiary/aromatic N) is 2. The number of hydrogen-bond acceptors (Lipinski definition) is 6. The second-order valence-corrected chi connectivity index (χ2v) is 6.84. The number of furan rings is 1. The Kier molecular flexibility index (Phi) is 5.23. The number of ether oxygens (including phenoxy) is 1. The molecule has 2 aliphatic rings. The van der Waals surface area contributed by atoms with Crippen molar-refractivity contribution < 1.29 is 28.7 Å². The quantitative estimate of drug-likeness (QED) is 0.689. The first-order chi connectivity index (χ1) is 13.7. The van der Waals surface area contributed by atoms with Gasteiger partial charge in [0.15, 0.2) is 11.5 Å². The number of carbonyl (C=O) groups is 2. The predicted molar refractivity (Wildman–Crippen MR) is 97.8 cm³/mol. The van der Waals surface area contributed by atoms with E-state index in [9.17, 15) is 14.7 Å². The number of amides is 1. The zero-order valence-electron chi connectivity index (χ0n) is 15.3. The van der Waals surface area contributed by atoms with E-state index < -0.39 is 23.5 Å². The molecule has 8 heteroatoms. The molecular weight excluding hydrogens is 362 g/mol. The minimum Gasteiger partial charge on any atom is -0.503 e. The van der Waals surface area contributed by atoms with Crippen molar-refractivity contribution >= 4 is 11.7 Å². The average Bonchev–Trinajstić information content (AvgIpc) is 3.36. The van der Waals surface area contributed by atoms with Crippen LogP contribution in [0.25, 0.3) is 0 Å². The summed E-state index contributed by atoms with van der Waals surface area (Å²) in [4.78, 5) is 33.0. The molecule has 0 spiro atoms. The van der Waals surface area contributed by atoms with Gasteiger partial charge in [-0.25, -0.2) is 0 Å². The van der Waals surface area contributed by atoms with Gasteiger partial charge >= 0.3 is 0 Å². The van der Waals surface area contributed by atoms with Gasteiger partial charge in [-0.05, 0) is 24.3 Å². The molecule has 0 unspecified atom stereocenters. The number of rotatable bonds is 6. The predicted octanol–water partition coefficient (Wildman–Crippen LogP) is 0.168. The van der Waals surface area contributed by atoms with Crippen LogP contribution in [0.3, 0.4) is 0 Å². The lowest BCUT2D eigenvalue weighted by Gasteiger charge is -2.29. The third-order valence-electron chi connectivity index (χ3n) is 5.17. The van der Waals surface area contributed by atoms with Gasteiger partial charge in [0.2, 0.25) is 5.78 Å². The molecule has 0 radical (unpaired) electrons. The number of ketones is 1. The smallest absolute Gasteiger partial charge is 0.290 e. The molecule has 4 heterocycles. The molecule has 0 saturated carbocycles. The number of pyridine rings is 1. The second kappa shape index (κ2) is 7.95. The molecule has 2 aliphatic heterocycles. The van der Waals surface area contributed by atoms with Crippen molar-refractivity contribution in [3.63, 3.8) is 0 Å². The first kappa shape index (κ1) is 18.4. The number of nitrogens with one attached hydrogen (secondary N) is 1. The fraction of sp³-hybridized carbons (Fsp3) is 0.350. The van der Waals surface area contributed by atoms with Gasteiger partial charge in [0.1, 0.15) is 19.1 Å². The Balaban J connectivity index is 1.64. The summed E-state index contributed by atoms with van der Waals surface area (Å²) < 4.78 is 10.6. The number of aromatic nitrogens is 1. The fourth-order valence-corrected chi connectivity index (χ4v) is 3.69. The van der Waals surface area contributed by atoms with Crippen LogP contribution in [-0.2, 0) is 9.53 Å². The second-order valence-electron chi connectivity index (χ2n) is 6.84. The van der Waals surface area contributed by atoms with Gasteiger partial charge in [-0.2, -0.15) is 0 Å². The van der Waals surface area contributed by atoms with E-state index in [1.165, 1.54) is 22.1 Å². The summed E-state index contributed by atoms with van der Waals surface area (Å²) in [5, 5.41) is 10.5. The van der Waals surface area contributed by atoms with Crippen molar-refractivity contribution in [1.82, 2.24) is 9.88 Å². The molecule has 8 nitrogen and oxygen atoms in total. The molecule has 4 rings (SSSR count). The lowest BCUT2D eigenvalue weighted by Crippen LogP contribution is -3.14. The number of hydrogen-bond donors (Lipinski definition) is 2. The Morgan fingerprint density at radius 2 is 2.07 bits per heavy atom. The summed E-state index contributed by atoms with van der Waals surface area (Å²) in [7, 11) is 0. The Morgan fingerprint density at radius 3 is 2.75 bits per heavy atom. The van der Waals surface area contributed by atoms with E-state index in [1.54, 1.807) is 30.5 Å². The van der Waals surface area contributed by atoms with Crippen LogP contribution in [0, 0.1) is 0 Å². The number of morpholine rings is 1. The molecule has 0 bridgehead atoms. The molecule has 146 valence electrons. The van der Waals surface area contributed by atoms with E-state index in [1.807, 2.05) is 0 Å². The average molecular weight is 384 g/mol. The van der Waals surface area contributed by atoms with Crippen molar-refractivity contribution in [2.45, 2.75) is 6.04 Å². The van der Waals surface area contributed by atoms with Crippen LogP contribution in [0.1, 0.15) is 22.3 Å². The van der Waals surface area contributed by atoms with Gasteiger partial charge in [0, 0.05) is 6.20 Å². The SMILES string of the molecule is O=C(C1=C(O)C(=O)N(CC[NH+]2CCOCC2)[C@H]1c1ccccn1)c1ccco1. The topological polar surface area (TPSA) is 97.3 Å². The highest BCUT2D eigenvalue weighted by Gasteiger charge is 2.45. The highest BCUT2D eigenvalue weighted by Crippen LogP contribution is 2.37. The Hall–Kier alpha value is -2.97. The van der Waals surface area contributed by atoms with Gasteiger partial charge < -0.3 is 24.1 Å². The van der Waals surface area contributed by atoms with E-state index >= 15 is 0 Å². The maximum atomic E-state index is 13.0. The molecule has 1 saturated heterocycles. The normalized spacial score (nSPS) is 20.8. The maximum Gasteiger partial charge on any atom is 0.290 e. The van der Waals surface area contributed by atoms with E-state index in [2.05, 4.69) is 4.98 Å². The largest absolute Gasteiger partial charge is 0.503 e. The molecular formula is C20H22N3O5+. The number of carbonyl (C=O) groups excluding carboxylic acids is 2. The fourth-order valence-electron chi connectivity index (χ4n) is 3.69. The van der Waals surface area contributed by atoms with Crippen molar-refractivity contribution in [3.05, 3.63) is 65.6 Å². The van der Waals surface area contributed by atoms with Crippen molar-refractivity contribution in [2.75, 3.05) is 39.4 Å². The van der Waals surface area contributed by atoms with E-state index in [-0.39, 0.29) is 11.3 Å². The van der Waals surface area contributed by atoms with E-state index in [4.69, 9.17) is 9.15 Å². The zero-order valence-corrected chi connectivity index (χ0v) is 15.3. The first-order valence-corrected chi connectivity index (χ1v) is 9.31. The number of aliphatic hydroxyl groups is 1. The Morgan fingerprint density at radius 1 is 1.25 bits per heavy atom. The summed E-state index contributed by atoms with van der Waals surface area (Å²) >= 11 is 0. The van der Waals surface area contributed by atoms with Crippen molar-refractivity contribution in [2.24, 2.45) is 0 Å². The minimum atomic E-state index is -0.744. The monoisotopic (exact) mass is 384 g/mol. The molecule has 1 fully saturated rings. The summed E-state index contributed by atoms with van der Waals surface area (Å²) in [6, 6.07) is 7.68. The Bertz CT molecular complexity index is 873. The van der Waals surface area contributed by atoms with Crippen LogP contribution < -0.4 is 4.90 Å². The highest BCUT2D eigenvalue weighted by atomic mass is 16.5. The number of aliphatic hydroxyl groups excluding tert-OH is 1. The summed E-state index contributed by atoms with van der Waals surface area (Å²) in [5.74, 6) is -1.52. The van der Waals surface area contributed by atoms with Gasteiger partial charge in [0.05, 0.1) is 43.8 Å². The van der Waals surface area contributed by atoms with Gasteiger partial charge in [0.25, 0.3) is 5.91 Å². The third kappa shape index (κ3) is 3.44. The van der Waals surface area contributed by atoms with Crippen molar-refractivity contribution in [3.8, 4) is 0 Å². The van der Waals surface area contributed by atoms with Gasteiger partial charge in [-0.15, -0.1) is 0 Å². The molecule has 2 aromatic heterocycles. The number of Topliss-reactive ketones (excluding diaryl/α,β-unsaturated/α-hetero) is 1. The highest BCUT2D eigenvalue weighted by molar-refractivity contribution is 6.14. The van der Waals surface area contributed by atoms with Crippen LogP contribution in [-0.4, -0.2) is 66.1 Å². The Labute approximate surface area is 162 Å². The van der Waals surface area contributed by atoms with Crippen LogP contribution in [0.4, 0.5) is 0 Å². The number of quaternary nitrogens is 1. The maximum absolute atomic E-state index is 13.0. The molecule has 2 aromatic rings. The summed E-state index contributed by atoms with van der Waals surface area (Å²) in [6.07, 6.45) is 2.99. The molecule has 1 amide bonds. The molecule has 1 atom stereocenters. The van der Waals surface area contributed by atoms with Crippen molar-refractivity contribution in [1.29, 1.82) is 0 Å². The van der Waals surface area contributed by atoms with Gasteiger partial charge in [-0.3, -0.25) is 14.6 Å². The minimum absolute atomic E-state index is 0.00984. The molecule has 28 heavy (non-hydrogen) atoms. The lowest BCUT2D eigenvalue weighted by atomic mass is 9.98. The lowest BCUT2D eigenvalue weighted by molar-refractivity contribution is -0.907. The van der Waals surface area contributed by atoms with Crippen LogP contribution in [0.5, 0.6) is 0 Å². The molecule has 0 aliphatic carbocycles. The van der Waals surface area contributed by atoms with Gasteiger partial charge in [-0.1, -0.05) is 6.07 Å². The van der Waals surface area contributed by atoms with Crippen LogP contribution >= 0.6 is 0 Å². The molecule has 2 N–H and O–H groups in total. The van der Waals surface area contributed by atoms with Crippen LogP contribution in [0.15, 0.2) is 58.5 Å². The van der Waals surface area contributed by atoms with E-state index in [0.717, 1.165) is 13.1 Å². The first-order valence-electron chi connectivity index (χ1n) is 9.31. The molecule has 0 aromatic carbocycles. The summed E-state index contributed by atoms with van der Waals surface area (Å²) in [6.45, 7) is 4.22. The van der Waals surface area contributed by atoms with E-state index in [0.29, 0.717) is 32.0 Å². The standard InChI is InChI=1S/C20H21N3O5/c24-18(15-5-3-11-28-15)16-17(14-4-1-2-6-21-14)23(20(26)19(16)25)8-7-22-9-12-27-13-10-22/h1-6,11,17,25H,7-10,12-13H2/p+1/t17-/m0/s1. The zero-order chi connectivity index (χ0) is 19.5. The van der Waals surface area contributed by atoms with Crippen LogP contribution in [0.2, 0.25) is 0 Å². The summed E-state index contributed by atoms with van der Waals surface area (Å²) in [5.41, 5.74) is 0.544. The third-order valence-corrected chi connectivity index (χ3v) is 5.17.